The number of hydrogen-bond donors (Lipinski definition) is 0. The van der Waals surface area contributed by atoms with Crippen molar-refractivity contribution in [1.29, 1.82) is 0 Å². The molecule has 0 saturated heterocycles. The van der Waals surface area contributed by atoms with Gasteiger partial charge < -0.3 is 0 Å². The van der Waals surface area contributed by atoms with E-state index in [1.165, 1.54) is 62.2 Å². The molecular weight excluding hydrogens is 307 g/mol. The van der Waals surface area contributed by atoms with Gasteiger partial charge in [0.25, 0.3) is 0 Å². The first-order chi connectivity index (χ1) is 7.70. The smallest absolute Gasteiger partial charge is 0.000219 e. The van der Waals surface area contributed by atoms with Gasteiger partial charge in [-0.25, -0.2) is 0 Å². The van der Waals surface area contributed by atoms with Crippen LogP contribution >= 0.6 is 22.6 Å². The summed E-state index contributed by atoms with van der Waals surface area (Å²) in [6.07, 6.45) is 13.0. The minimum atomic E-state index is 0.948. The minimum Gasteiger partial charge on any atom is -0.0864 e. The van der Waals surface area contributed by atoms with Gasteiger partial charge in [0.05, 0.1) is 0 Å². The standard InChI is InChI=1S/C15H31I/c1-4-14(2)10-8-6-5-7-9-11-15(3)12-13-16/h14-15H,4-13H2,1-3H3. The third kappa shape index (κ3) is 11.2. The predicted molar refractivity (Wildman–Crippen MR) is 84.4 cm³/mol. The molecule has 0 fully saturated rings. The van der Waals surface area contributed by atoms with Crippen LogP contribution in [0.25, 0.3) is 0 Å². The van der Waals surface area contributed by atoms with E-state index >= 15 is 0 Å². The summed E-state index contributed by atoms with van der Waals surface area (Å²) in [5.41, 5.74) is 0. The summed E-state index contributed by atoms with van der Waals surface area (Å²) < 4.78 is 1.33. The van der Waals surface area contributed by atoms with Crippen LogP contribution in [0.4, 0.5) is 0 Å². The molecule has 98 valence electrons. The third-order valence-electron chi connectivity index (χ3n) is 3.69. The highest BCUT2D eigenvalue weighted by molar-refractivity contribution is 14.1. The molecule has 0 bridgehead atoms. The highest BCUT2D eigenvalue weighted by Crippen LogP contribution is 2.17. The van der Waals surface area contributed by atoms with E-state index in [4.69, 9.17) is 0 Å². The monoisotopic (exact) mass is 338 g/mol. The van der Waals surface area contributed by atoms with Gasteiger partial charge in [0, 0.05) is 0 Å². The molecule has 0 aromatic rings. The molecule has 0 spiro atoms. The van der Waals surface area contributed by atoms with Gasteiger partial charge in [-0.15, -0.1) is 0 Å². The molecule has 0 amide bonds. The van der Waals surface area contributed by atoms with Gasteiger partial charge in [-0.2, -0.15) is 0 Å². The average Bonchev–Trinajstić information content (AvgIpc) is 2.27. The van der Waals surface area contributed by atoms with Crippen LogP contribution in [0.5, 0.6) is 0 Å². The zero-order valence-electron chi connectivity index (χ0n) is 11.6. The highest BCUT2D eigenvalue weighted by atomic mass is 127. The van der Waals surface area contributed by atoms with Crippen molar-refractivity contribution in [2.75, 3.05) is 4.43 Å². The molecule has 0 aliphatic rings. The van der Waals surface area contributed by atoms with Crippen LogP contribution < -0.4 is 0 Å². The van der Waals surface area contributed by atoms with Crippen LogP contribution in [0.3, 0.4) is 0 Å². The zero-order chi connectivity index (χ0) is 12.2. The van der Waals surface area contributed by atoms with Crippen molar-refractivity contribution in [3.63, 3.8) is 0 Å². The summed E-state index contributed by atoms with van der Waals surface area (Å²) in [6, 6.07) is 0. The predicted octanol–water partition coefficient (Wildman–Crippen LogP) is 6.22. The fraction of sp³-hybridized carbons (Fsp3) is 1.00. The van der Waals surface area contributed by atoms with Crippen molar-refractivity contribution in [2.45, 2.75) is 78.6 Å². The molecule has 2 unspecified atom stereocenters. The molecule has 0 aromatic heterocycles. The van der Waals surface area contributed by atoms with Crippen molar-refractivity contribution in [3.05, 3.63) is 0 Å². The molecule has 0 nitrogen and oxygen atoms in total. The topological polar surface area (TPSA) is 0 Å². The summed E-state index contributed by atoms with van der Waals surface area (Å²) >= 11 is 2.49. The Labute approximate surface area is 117 Å². The highest BCUT2D eigenvalue weighted by Gasteiger charge is 2.01. The minimum absolute atomic E-state index is 0.948. The first-order valence-corrected chi connectivity index (χ1v) is 8.79. The number of hydrogen-bond acceptors (Lipinski definition) is 0. The van der Waals surface area contributed by atoms with Gasteiger partial charge in [0.15, 0.2) is 0 Å². The quantitative estimate of drug-likeness (QED) is 0.238. The number of alkyl halides is 1. The van der Waals surface area contributed by atoms with E-state index in [1.807, 2.05) is 0 Å². The van der Waals surface area contributed by atoms with Crippen molar-refractivity contribution >= 4 is 22.6 Å². The fourth-order valence-electron chi connectivity index (χ4n) is 2.05. The van der Waals surface area contributed by atoms with E-state index in [0.29, 0.717) is 0 Å². The third-order valence-corrected chi connectivity index (χ3v) is 4.32. The molecule has 0 rings (SSSR count). The lowest BCUT2D eigenvalue weighted by molar-refractivity contribution is 0.453. The molecular formula is C15H31I. The molecule has 0 heterocycles. The molecule has 0 N–H and O–H groups in total. The summed E-state index contributed by atoms with van der Waals surface area (Å²) in [7, 11) is 0. The first-order valence-electron chi connectivity index (χ1n) is 7.26. The van der Waals surface area contributed by atoms with Crippen molar-refractivity contribution in [3.8, 4) is 0 Å². The molecule has 16 heavy (non-hydrogen) atoms. The SMILES string of the molecule is CCC(C)CCCCCCCC(C)CCI. The van der Waals surface area contributed by atoms with Gasteiger partial charge in [0.1, 0.15) is 0 Å². The largest absolute Gasteiger partial charge is 0.0864 e. The number of halogens is 1. The van der Waals surface area contributed by atoms with Gasteiger partial charge in [-0.1, -0.05) is 94.7 Å². The maximum absolute atomic E-state index is 2.49. The van der Waals surface area contributed by atoms with E-state index < -0.39 is 0 Å². The lowest BCUT2D eigenvalue weighted by atomic mass is 9.98. The van der Waals surface area contributed by atoms with Gasteiger partial charge in [0.2, 0.25) is 0 Å². The van der Waals surface area contributed by atoms with E-state index in [9.17, 15) is 0 Å². The Morgan fingerprint density at radius 3 is 1.75 bits per heavy atom. The van der Waals surface area contributed by atoms with Crippen LogP contribution in [0, 0.1) is 11.8 Å². The van der Waals surface area contributed by atoms with E-state index in [-0.39, 0.29) is 0 Å². The Bertz CT molecular complexity index is 133. The second-order valence-corrected chi connectivity index (χ2v) is 6.52. The molecule has 0 radical (unpaired) electrons. The number of rotatable bonds is 11. The van der Waals surface area contributed by atoms with Gasteiger partial charge >= 0.3 is 0 Å². The second kappa shape index (κ2) is 12.2. The second-order valence-electron chi connectivity index (χ2n) is 5.44. The number of unbranched alkanes of at least 4 members (excludes halogenated alkanes) is 4. The molecule has 1 heteroatoms. The summed E-state index contributed by atoms with van der Waals surface area (Å²) in [4.78, 5) is 0. The van der Waals surface area contributed by atoms with Crippen LogP contribution in [-0.2, 0) is 0 Å². The van der Waals surface area contributed by atoms with Crippen molar-refractivity contribution in [2.24, 2.45) is 11.8 Å². The van der Waals surface area contributed by atoms with Crippen LogP contribution in [0.1, 0.15) is 78.6 Å². The lowest BCUT2D eigenvalue weighted by Gasteiger charge is -2.09. The normalized spacial score (nSPS) is 15.0. The molecule has 0 aliphatic heterocycles. The van der Waals surface area contributed by atoms with E-state index in [2.05, 4.69) is 43.4 Å². The van der Waals surface area contributed by atoms with Crippen LogP contribution in [0.15, 0.2) is 0 Å². The Hall–Kier alpha value is 0.730. The zero-order valence-corrected chi connectivity index (χ0v) is 13.8. The lowest BCUT2D eigenvalue weighted by Crippen LogP contribution is -1.95. The molecule has 0 aromatic carbocycles. The van der Waals surface area contributed by atoms with Crippen LogP contribution in [-0.4, -0.2) is 4.43 Å². The Morgan fingerprint density at radius 1 is 0.750 bits per heavy atom. The maximum Gasteiger partial charge on any atom is -0.000219 e. The van der Waals surface area contributed by atoms with Crippen LogP contribution in [0.2, 0.25) is 0 Å². The molecule has 2 atom stereocenters. The Morgan fingerprint density at radius 2 is 1.25 bits per heavy atom. The summed E-state index contributed by atoms with van der Waals surface area (Å²) in [5.74, 6) is 1.90. The summed E-state index contributed by atoms with van der Waals surface area (Å²) in [5, 5.41) is 0. The fourth-order valence-corrected chi connectivity index (χ4v) is 3.11. The Kier molecular flexibility index (Phi) is 12.8. The van der Waals surface area contributed by atoms with Crippen molar-refractivity contribution < 1.29 is 0 Å². The average molecular weight is 338 g/mol. The first kappa shape index (κ1) is 16.7. The van der Waals surface area contributed by atoms with Gasteiger partial charge in [-0.3, -0.25) is 0 Å². The van der Waals surface area contributed by atoms with E-state index in [1.54, 1.807) is 0 Å². The molecule has 0 aliphatic carbocycles. The van der Waals surface area contributed by atoms with Crippen molar-refractivity contribution in [1.82, 2.24) is 0 Å². The summed E-state index contributed by atoms with van der Waals surface area (Å²) in [6.45, 7) is 7.09. The van der Waals surface area contributed by atoms with E-state index in [0.717, 1.165) is 11.8 Å². The maximum atomic E-state index is 2.49. The molecule has 0 saturated carbocycles. The van der Waals surface area contributed by atoms with Gasteiger partial charge in [-0.05, 0) is 22.7 Å². The Balaban J connectivity index is 3.09.